The van der Waals surface area contributed by atoms with Gasteiger partial charge in [-0.1, -0.05) is 13.8 Å². The zero-order valence-electron chi connectivity index (χ0n) is 11.7. The lowest BCUT2D eigenvalue weighted by Gasteiger charge is -2.19. The van der Waals surface area contributed by atoms with Crippen molar-refractivity contribution in [2.45, 2.75) is 13.8 Å². The maximum Gasteiger partial charge on any atom is 0.145 e. The lowest BCUT2D eigenvalue weighted by atomic mass is 10.3. The van der Waals surface area contributed by atoms with Crippen LogP contribution in [0.2, 0.25) is 0 Å². The molecule has 2 N–H and O–H groups in total. The molecule has 0 radical (unpaired) electrons. The van der Waals surface area contributed by atoms with E-state index in [1.54, 1.807) is 46.3 Å². The van der Waals surface area contributed by atoms with Gasteiger partial charge >= 0.3 is 0 Å². The standard InChI is InChI=1S/C8H11NO2.C4H11NO2S/c1-10-6-3-4-7(9)8(5-6)11-2;1-3-5(4-2)8(6)7/h3-5H,9H2,1-2H3;3-4H2,1-2H3,(H,6,7)/p-1. The molecule has 1 aromatic rings. The average Bonchev–Trinajstić information content (AvgIpc) is 2.41. The molecule has 0 heterocycles. The van der Waals surface area contributed by atoms with Crippen molar-refractivity contribution in [1.82, 2.24) is 4.31 Å². The first kappa shape index (κ1) is 17.7. The topological polar surface area (TPSA) is 87.9 Å². The lowest BCUT2D eigenvalue weighted by Crippen LogP contribution is -2.24. The van der Waals surface area contributed by atoms with Crippen LogP contribution in [0.15, 0.2) is 18.2 Å². The van der Waals surface area contributed by atoms with E-state index in [1.165, 1.54) is 4.31 Å². The molecule has 1 aromatic carbocycles. The van der Waals surface area contributed by atoms with E-state index in [4.69, 9.17) is 15.2 Å². The molecule has 0 bridgehead atoms. The van der Waals surface area contributed by atoms with Gasteiger partial charge in [-0.2, -0.15) is 0 Å². The normalized spacial score (nSPS) is 11.5. The second-order valence-electron chi connectivity index (χ2n) is 3.44. The van der Waals surface area contributed by atoms with Crippen molar-refractivity contribution in [2.24, 2.45) is 0 Å². The van der Waals surface area contributed by atoms with E-state index in [2.05, 4.69) is 0 Å². The summed E-state index contributed by atoms with van der Waals surface area (Å²) in [6, 6.07) is 5.28. The maximum atomic E-state index is 10.1. The molecule has 110 valence electrons. The van der Waals surface area contributed by atoms with Crippen LogP contribution in [0.1, 0.15) is 13.8 Å². The molecule has 1 rings (SSSR count). The largest absolute Gasteiger partial charge is 0.760 e. The second-order valence-corrected chi connectivity index (χ2v) is 4.39. The Morgan fingerprint density at radius 2 is 1.84 bits per heavy atom. The summed E-state index contributed by atoms with van der Waals surface area (Å²) in [5.74, 6) is 1.39. The number of rotatable bonds is 5. The summed E-state index contributed by atoms with van der Waals surface area (Å²) >= 11 is -2.02. The summed E-state index contributed by atoms with van der Waals surface area (Å²) in [5, 5.41) is 0. The third-order valence-electron chi connectivity index (χ3n) is 2.36. The Balaban J connectivity index is 0.000000362. The van der Waals surface area contributed by atoms with Gasteiger partial charge in [0.25, 0.3) is 0 Å². The molecule has 0 aliphatic rings. The molecule has 0 amide bonds. The SMILES string of the molecule is CCN(CC)S(=O)[O-].COc1ccc(N)c(OC)c1. The predicted octanol–water partition coefficient (Wildman–Crippen LogP) is 1.41. The van der Waals surface area contributed by atoms with Gasteiger partial charge in [0.05, 0.1) is 19.9 Å². The van der Waals surface area contributed by atoms with E-state index < -0.39 is 11.3 Å². The van der Waals surface area contributed by atoms with Gasteiger partial charge in [-0.05, 0) is 12.1 Å². The minimum absolute atomic E-state index is 0.562. The molecule has 1 unspecified atom stereocenters. The van der Waals surface area contributed by atoms with Gasteiger partial charge in [0.1, 0.15) is 11.5 Å². The van der Waals surface area contributed by atoms with Crippen LogP contribution < -0.4 is 15.2 Å². The Morgan fingerprint density at radius 1 is 1.26 bits per heavy atom. The van der Waals surface area contributed by atoms with E-state index in [-0.39, 0.29) is 0 Å². The quantitative estimate of drug-likeness (QED) is 0.654. The van der Waals surface area contributed by atoms with Gasteiger partial charge in [-0.15, -0.1) is 0 Å². The van der Waals surface area contributed by atoms with Gasteiger partial charge in [0.15, 0.2) is 0 Å². The van der Waals surface area contributed by atoms with Crippen LogP contribution in [-0.2, 0) is 11.3 Å². The summed E-state index contributed by atoms with van der Waals surface area (Å²) < 4.78 is 31.5. The number of anilines is 1. The van der Waals surface area contributed by atoms with Gasteiger partial charge in [0, 0.05) is 30.4 Å². The number of hydrogen-bond acceptors (Lipinski definition) is 5. The highest BCUT2D eigenvalue weighted by molar-refractivity contribution is 7.76. The molecule has 0 aliphatic carbocycles. The zero-order chi connectivity index (χ0) is 14.8. The van der Waals surface area contributed by atoms with Gasteiger partial charge in [-0.25, -0.2) is 4.31 Å². The third-order valence-corrected chi connectivity index (χ3v) is 3.29. The average molecular weight is 289 g/mol. The molecule has 0 spiro atoms. The Bertz CT molecular complexity index is 397. The number of hydrogen-bond donors (Lipinski definition) is 1. The third kappa shape index (κ3) is 6.42. The molecular weight excluding hydrogens is 268 g/mol. The van der Waals surface area contributed by atoms with E-state index in [9.17, 15) is 8.76 Å². The summed E-state index contributed by atoms with van der Waals surface area (Å²) in [7, 11) is 3.18. The van der Waals surface area contributed by atoms with Crippen molar-refractivity contribution in [3.63, 3.8) is 0 Å². The van der Waals surface area contributed by atoms with Crippen LogP contribution in [0, 0.1) is 0 Å². The molecule has 7 heteroatoms. The van der Waals surface area contributed by atoms with Crippen LogP contribution in [-0.4, -0.2) is 40.4 Å². The lowest BCUT2D eigenvalue weighted by molar-refractivity contribution is 0.395. The highest BCUT2D eigenvalue weighted by Gasteiger charge is 1.99. The Morgan fingerprint density at radius 3 is 2.16 bits per heavy atom. The van der Waals surface area contributed by atoms with Crippen LogP contribution in [0.3, 0.4) is 0 Å². The first-order chi connectivity index (χ1) is 8.99. The minimum Gasteiger partial charge on any atom is -0.760 e. The summed E-state index contributed by atoms with van der Waals surface area (Å²) in [5.41, 5.74) is 6.19. The number of ether oxygens (including phenoxy) is 2. The van der Waals surface area contributed by atoms with Gasteiger partial charge in [0.2, 0.25) is 0 Å². The molecular formula is C12H21N2O4S-. The Hall–Kier alpha value is -1.31. The molecule has 1 atom stereocenters. The maximum absolute atomic E-state index is 10.1. The zero-order valence-corrected chi connectivity index (χ0v) is 12.5. The summed E-state index contributed by atoms with van der Waals surface area (Å²) in [6.45, 7) is 4.73. The number of benzene rings is 1. The highest BCUT2D eigenvalue weighted by Crippen LogP contribution is 2.25. The molecule has 0 fully saturated rings. The van der Waals surface area contributed by atoms with Crippen molar-refractivity contribution in [3.05, 3.63) is 18.2 Å². The fourth-order valence-electron chi connectivity index (χ4n) is 1.25. The second kappa shape index (κ2) is 9.60. The molecule has 0 saturated carbocycles. The first-order valence-corrected chi connectivity index (χ1v) is 6.85. The molecule has 6 nitrogen and oxygen atoms in total. The number of methoxy groups -OCH3 is 2. The van der Waals surface area contributed by atoms with Crippen molar-refractivity contribution in [1.29, 1.82) is 0 Å². The van der Waals surface area contributed by atoms with Crippen LogP contribution in [0.5, 0.6) is 11.5 Å². The Kier molecular flexibility index (Phi) is 8.94. The monoisotopic (exact) mass is 289 g/mol. The smallest absolute Gasteiger partial charge is 0.145 e. The number of nitrogens with two attached hydrogens (primary N) is 1. The summed E-state index contributed by atoms with van der Waals surface area (Å²) in [6.07, 6.45) is 0. The van der Waals surface area contributed by atoms with E-state index in [0.717, 1.165) is 5.75 Å². The fourth-order valence-corrected chi connectivity index (χ4v) is 1.67. The molecule has 19 heavy (non-hydrogen) atoms. The van der Waals surface area contributed by atoms with E-state index >= 15 is 0 Å². The van der Waals surface area contributed by atoms with Crippen molar-refractivity contribution in [2.75, 3.05) is 33.0 Å². The van der Waals surface area contributed by atoms with Crippen molar-refractivity contribution >= 4 is 17.0 Å². The van der Waals surface area contributed by atoms with Crippen molar-refractivity contribution in [3.8, 4) is 11.5 Å². The fraction of sp³-hybridized carbons (Fsp3) is 0.500. The van der Waals surface area contributed by atoms with Crippen LogP contribution >= 0.6 is 0 Å². The predicted molar refractivity (Wildman–Crippen MR) is 75.8 cm³/mol. The van der Waals surface area contributed by atoms with Crippen LogP contribution in [0.25, 0.3) is 0 Å². The van der Waals surface area contributed by atoms with Crippen molar-refractivity contribution < 1.29 is 18.2 Å². The number of nitrogen functional groups attached to an aromatic ring is 1. The number of nitrogens with zero attached hydrogens (tertiary/aromatic N) is 1. The minimum atomic E-state index is -2.02. The molecule has 0 aromatic heterocycles. The van der Waals surface area contributed by atoms with Gasteiger partial charge < -0.3 is 19.8 Å². The van der Waals surface area contributed by atoms with E-state index in [0.29, 0.717) is 24.5 Å². The molecule has 0 saturated heterocycles. The Labute approximate surface area is 116 Å². The van der Waals surface area contributed by atoms with E-state index in [1.807, 2.05) is 0 Å². The van der Waals surface area contributed by atoms with Gasteiger partial charge in [-0.3, -0.25) is 4.21 Å². The first-order valence-electron chi connectivity index (χ1n) is 5.81. The summed E-state index contributed by atoms with van der Waals surface area (Å²) in [4.78, 5) is 0. The van der Waals surface area contributed by atoms with Crippen LogP contribution in [0.4, 0.5) is 5.69 Å². The molecule has 0 aliphatic heterocycles. The highest BCUT2D eigenvalue weighted by atomic mass is 32.2.